The van der Waals surface area contributed by atoms with Crippen LogP contribution in [0.2, 0.25) is 0 Å². The molecule has 230 valence electrons. The van der Waals surface area contributed by atoms with Gasteiger partial charge in [-0.2, -0.15) is 0 Å². The van der Waals surface area contributed by atoms with Crippen LogP contribution in [0.3, 0.4) is 0 Å². The van der Waals surface area contributed by atoms with E-state index in [2.05, 4.69) is 13.8 Å². The summed E-state index contributed by atoms with van der Waals surface area (Å²) in [4.78, 5) is 0. The molecule has 38 heavy (non-hydrogen) atoms. The molecule has 0 bridgehead atoms. The predicted octanol–water partition coefficient (Wildman–Crippen LogP) is 13.9. The molecule has 0 aliphatic carbocycles. The third kappa shape index (κ3) is 36.0. The van der Waals surface area contributed by atoms with Crippen LogP contribution in [0, 0.1) is 0 Å². The molecule has 0 aliphatic heterocycles. The number of rotatable bonds is 35. The second-order valence-electron chi connectivity index (χ2n) is 12.6. The van der Waals surface area contributed by atoms with Gasteiger partial charge in [-0.3, -0.25) is 0 Å². The maximum absolute atomic E-state index is 5.86. The fourth-order valence-electron chi connectivity index (χ4n) is 5.78. The van der Waals surface area contributed by atoms with Crippen molar-refractivity contribution >= 4 is 0 Å². The van der Waals surface area contributed by atoms with Gasteiger partial charge in [-0.05, 0) is 12.8 Å². The lowest BCUT2D eigenvalue weighted by Gasteiger charge is -2.05. The van der Waals surface area contributed by atoms with Crippen molar-refractivity contribution in [3.05, 3.63) is 0 Å². The molecule has 0 aromatic rings. The van der Waals surface area contributed by atoms with E-state index in [9.17, 15) is 0 Å². The first-order valence-corrected chi connectivity index (χ1v) is 18.5. The Hall–Kier alpha value is -0.0400. The fraction of sp³-hybridized carbons (Fsp3) is 1.00. The highest BCUT2D eigenvalue weighted by Crippen LogP contribution is 2.15. The quantitative estimate of drug-likeness (QED) is 0.0732. The Morgan fingerprint density at radius 2 is 0.368 bits per heavy atom. The second kappa shape index (κ2) is 37.0. The van der Waals surface area contributed by atoms with Gasteiger partial charge in [-0.15, -0.1) is 0 Å². The molecule has 0 spiro atoms. The molecule has 0 saturated heterocycles. The predicted molar refractivity (Wildman–Crippen MR) is 175 cm³/mol. The topological polar surface area (TPSA) is 9.23 Å². The Morgan fingerprint density at radius 1 is 0.211 bits per heavy atom. The van der Waals surface area contributed by atoms with Gasteiger partial charge in [0.15, 0.2) is 0 Å². The number of hydrogen-bond acceptors (Lipinski definition) is 1. The van der Waals surface area contributed by atoms with E-state index >= 15 is 0 Å². The van der Waals surface area contributed by atoms with E-state index < -0.39 is 0 Å². The standard InChI is InChI=1S/C37H76O/c1-3-5-7-9-11-13-15-16-17-18-19-20-21-22-23-24-25-27-29-31-33-35-37-38-36-34-32-30-28-26-14-12-10-8-6-4-2/h3-37H2,1-2H3. The number of ether oxygens (including phenoxy) is 1. The average Bonchev–Trinajstić information content (AvgIpc) is 2.93. The summed E-state index contributed by atoms with van der Waals surface area (Å²) in [6.45, 7) is 6.60. The van der Waals surface area contributed by atoms with Crippen LogP contribution in [0.4, 0.5) is 0 Å². The zero-order chi connectivity index (χ0) is 27.5. The average molecular weight is 537 g/mol. The normalized spacial score (nSPS) is 11.5. The zero-order valence-electron chi connectivity index (χ0n) is 27.2. The Labute approximate surface area is 243 Å². The zero-order valence-corrected chi connectivity index (χ0v) is 27.2. The lowest BCUT2D eigenvalue weighted by molar-refractivity contribution is 0.125. The summed E-state index contributed by atoms with van der Waals surface area (Å²) in [6, 6.07) is 0. The molecule has 0 atom stereocenters. The Morgan fingerprint density at radius 3 is 0.553 bits per heavy atom. The number of unbranched alkanes of at least 4 members (excludes halogenated alkanes) is 31. The third-order valence-corrected chi connectivity index (χ3v) is 8.53. The maximum atomic E-state index is 5.86. The fourth-order valence-corrected chi connectivity index (χ4v) is 5.78. The van der Waals surface area contributed by atoms with Crippen LogP contribution in [-0.4, -0.2) is 13.2 Å². The van der Waals surface area contributed by atoms with Crippen molar-refractivity contribution in [3.8, 4) is 0 Å². The SMILES string of the molecule is CCCCCCCCCCCCCCCCCCCCCCCCOCCCCCCCCCCCCC. The third-order valence-electron chi connectivity index (χ3n) is 8.53. The van der Waals surface area contributed by atoms with Gasteiger partial charge in [-0.25, -0.2) is 0 Å². The lowest BCUT2D eigenvalue weighted by atomic mass is 10.0. The monoisotopic (exact) mass is 537 g/mol. The van der Waals surface area contributed by atoms with Gasteiger partial charge < -0.3 is 4.74 Å². The molecule has 0 heterocycles. The largest absolute Gasteiger partial charge is 0.381 e. The van der Waals surface area contributed by atoms with Crippen LogP contribution >= 0.6 is 0 Å². The molecule has 0 unspecified atom stereocenters. The molecule has 0 rings (SSSR count). The van der Waals surface area contributed by atoms with Crippen molar-refractivity contribution in [3.63, 3.8) is 0 Å². The minimum absolute atomic E-state index is 0.996. The highest BCUT2D eigenvalue weighted by Gasteiger charge is 1.97. The van der Waals surface area contributed by atoms with Gasteiger partial charge in [0.1, 0.15) is 0 Å². The molecular weight excluding hydrogens is 460 g/mol. The van der Waals surface area contributed by atoms with E-state index in [1.54, 1.807) is 0 Å². The molecule has 0 saturated carbocycles. The van der Waals surface area contributed by atoms with Crippen LogP contribution in [0.15, 0.2) is 0 Å². The summed E-state index contributed by atoms with van der Waals surface area (Å²) in [5, 5.41) is 0. The van der Waals surface area contributed by atoms with Gasteiger partial charge in [0.25, 0.3) is 0 Å². The Balaban J connectivity index is 3.01. The number of hydrogen-bond donors (Lipinski definition) is 0. The van der Waals surface area contributed by atoms with E-state index in [0.717, 1.165) is 13.2 Å². The molecule has 0 N–H and O–H groups in total. The van der Waals surface area contributed by atoms with Gasteiger partial charge in [-0.1, -0.05) is 213 Å². The van der Waals surface area contributed by atoms with Crippen LogP contribution in [0.5, 0.6) is 0 Å². The lowest BCUT2D eigenvalue weighted by Crippen LogP contribution is -1.97. The van der Waals surface area contributed by atoms with Gasteiger partial charge in [0.05, 0.1) is 0 Å². The van der Waals surface area contributed by atoms with Gasteiger partial charge in [0, 0.05) is 13.2 Å². The highest BCUT2D eigenvalue weighted by molar-refractivity contribution is 4.52. The van der Waals surface area contributed by atoms with Crippen LogP contribution in [0.1, 0.15) is 226 Å². The molecule has 0 aromatic carbocycles. The Kier molecular flexibility index (Phi) is 36.9. The van der Waals surface area contributed by atoms with E-state index in [4.69, 9.17) is 4.74 Å². The molecule has 1 nitrogen and oxygen atoms in total. The summed E-state index contributed by atoms with van der Waals surface area (Å²) in [5.74, 6) is 0. The van der Waals surface area contributed by atoms with Crippen LogP contribution in [0.25, 0.3) is 0 Å². The second-order valence-corrected chi connectivity index (χ2v) is 12.6. The molecule has 0 aliphatic rings. The minimum atomic E-state index is 0.996. The Bertz CT molecular complexity index is 343. The molecule has 1 heteroatoms. The maximum Gasteiger partial charge on any atom is 0.0466 e. The molecule has 0 fully saturated rings. The molecule has 0 amide bonds. The van der Waals surface area contributed by atoms with Crippen molar-refractivity contribution in [1.82, 2.24) is 0 Å². The van der Waals surface area contributed by atoms with Crippen molar-refractivity contribution in [1.29, 1.82) is 0 Å². The smallest absolute Gasteiger partial charge is 0.0466 e. The van der Waals surface area contributed by atoms with E-state index in [-0.39, 0.29) is 0 Å². The summed E-state index contributed by atoms with van der Waals surface area (Å²) in [6.07, 6.45) is 47.5. The van der Waals surface area contributed by atoms with Crippen LogP contribution in [-0.2, 0) is 4.74 Å². The van der Waals surface area contributed by atoms with Crippen molar-refractivity contribution in [2.45, 2.75) is 226 Å². The van der Waals surface area contributed by atoms with E-state index in [1.165, 1.54) is 212 Å². The molecule has 0 aromatic heterocycles. The highest BCUT2D eigenvalue weighted by atomic mass is 16.5. The first-order valence-electron chi connectivity index (χ1n) is 18.5. The summed E-state index contributed by atoms with van der Waals surface area (Å²) in [5.41, 5.74) is 0. The summed E-state index contributed by atoms with van der Waals surface area (Å²) >= 11 is 0. The van der Waals surface area contributed by atoms with E-state index in [1.807, 2.05) is 0 Å². The minimum Gasteiger partial charge on any atom is -0.381 e. The summed E-state index contributed by atoms with van der Waals surface area (Å²) < 4.78 is 5.86. The van der Waals surface area contributed by atoms with E-state index in [0.29, 0.717) is 0 Å². The van der Waals surface area contributed by atoms with Crippen LogP contribution < -0.4 is 0 Å². The van der Waals surface area contributed by atoms with Crippen molar-refractivity contribution < 1.29 is 4.74 Å². The first-order chi connectivity index (χ1) is 18.9. The van der Waals surface area contributed by atoms with Gasteiger partial charge >= 0.3 is 0 Å². The van der Waals surface area contributed by atoms with Crippen molar-refractivity contribution in [2.24, 2.45) is 0 Å². The first kappa shape index (κ1) is 38.0. The summed E-state index contributed by atoms with van der Waals surface area (Å²) in [7, 11) is 0. The van der Waals surface area contributed by atoms with Gasteiger partial charge in [0.2, 0.25) is 0 Å². The molecular formula is C37H76O. The molecule has 0 radical (unpaired) electrons. The van der Waals surface area contributed by atoms with Crippen molar-refractivity contribution in [2.75, 3.05) is 13.2 Å².